The Bertz CT molecular complexity index is 1540. The van der Waals surface area contributed by atoms with Crippen molar-refractivity contribution in [3.8, 4) is 0 Å². The van der Waals surface area contributed by atoms with Crippen molar-refractivity contribution in [2.45, 2.75) is 16.7 Å². The van der Waals surface area contributed by atoms with Gasteiger partial charge in [0.1, 0.15) is 10.6 Å². The van der Waals surface area contributed by atoms with Gasteiger partial charge in [-0.3, -0.25) is 24.0 Å². The molecule has 0 aliphatic heterocycles. The molecular formula is C18H14N4Na2O9S2. The van der Waals surface area contributed by atoms with Crippen LogP contribution in [0.4, 0.5) is 22.7 Å². The van der Waals surface area contributed by atoms with Gasteiger partial charge in [-0.25, -0.2) is 0 Å². The molecule has 0 atom stereocenters. The number of azo groups is 1. The maximum Gasteiger partial charge on any atom is 0.295 e. The summed E-state index contributed by atoms with van der Waals surface area (Å²) in [4.78, 5) is 20.1. The molecule has 0 spiro atoms. The van der Waals surface area contributed by atoms with E-state index in [0.717, 1.165) is 6.07 Å². The van der Waals surface area contributed by atoms with Crippen LogP contribution in [0.25, 0.3) is 10.8 Å². The second kappa shape index (κ2) is 12.0. The van der Waals surface area contributed by atoms with Gasteiger partial charge in [0.05, 0.1) is 21.2 Å². The molecule has 0 unspecified atom stereocenters. The van der Waals surface area contributed by atoms with Crippen LogP contribution in [-0.2, 0) is 25.0 Å². The summed E-state index contributed by atoms with van der Waals surface area (Å²) in [6.45, 7) is 1.18. The molecule has 0 saturated carbocycles. The van der Waals surface area contributed by atoms with Crippen molar-refractivity contribution in [1.29, 1.82) is 0 Å². The molecule has 0 bridgehead atoms. The van der Waals surface area contributed by atoms with E-state index in [9.17, 15) is 40.8 Å². The summed E-state index contributed by atoms with van der Waals surface area (Å²) in [6, 6.07) is 8.81. The summed E-state index contributed by atoms with van der Waals surface area (Å²) >= 11 is 0. The number of fused-ring (bicyclic) bond motifs is 1. The summed E-state index contributed by atoms with van der Waals surface area (Å²) in [5, 5.41) is 20.7. The Kier molecular flexibility index (Phi) is 10.7. The van der Waals surface area contributed by atoms with Gasteiger partial charge in [0.15, 0.2) is 0 Å². The van der Waals surface area contributed by atoms with E-state index in [2.05, 4.69) is 15.5 Å². The number of carbonyl (C=O) groups is 1. The molecule has 0 heterocycles. The molecule has 1 amide bonds. The zero-order valence-corrected chi connectivity index (χ0v) is 24.2. The first kappa shape index (κ1) is 31.2. The Labute approximate surface area is 243 Å². The van der Waals surface area contributed by atoms with Crippen LogP contribution in [-0.4, -0.2) is 95.9 Å². The van der Waals surface area contributed by atoms with E-state index >= 15 is 0 Å². The van der Waals surface area contributed by atoms with Gasteiger partial charge in [0, 0.05) is 88.9 Å². The molecule has 3 aromatic carbocycles. The van der Waals surface area contributed by atoms with E-state index in [0.29, 0.717) is 6.07 Å². The Balaban J connectivity index is 0.00000306. The van der Waals surface area contributed by atoms with Gasteiger partial charge in [-0.1, -0.05) is 6.07 Å². The maximum absolute atomic E-state index is 11.9. The van der Waals surface area contributed by atoms with Gasteiger partial charge in [-0.15, -0.1) is 5.11 Å². The zero-order chi connectivity index (χ0) is 24.6. The third kappa shape index (κ3) is 7.60. The Morgan fingerprint density at radius 2 is 1.51 bits per heavy atom. The van der Waals surface area contributed by atoms with Crippen LogP contribution in [0.2, 0.25) is 0 Å². The average Bonchev–Trinajstić information content (AvgIpc) is 2.70. The SMILES string of the molecule is CC(=O)Nc1ccc2c(S(=O)(=O)O)cc(S(=O)(=O)O)cc2c1N=Nc1ccc([N+](=O)[O-])cc1.[Na].[Na]. The van der Waals surface area contributed by atoms with Crippen LogP contribution in [0.5, 0.6) is 0 Å². The number of amides is 1. The summed E-state index contributed by atoms with van der Waals surface area (Å²) in [6.07, 6.45) is 0. The molecule has 35 heavy (non-hydrogen) atoms. The number of non-ortho nitro benzene ring substituents is 1. The predicted octanol–water partition coefficient (Wildman–Crippen LogP) is 2.85. The van der Waals surface area contributed by atoms with Crippen LogP contribution in [0.15, 0.2) is 68.6 Å². The fourth-order valence-electron chi connectivity index (χ4n) is 2.87. The van der Waals surface area contributed by atoms with Gasteiger partial charge in [-0.2, -0.15) is 21.9 Å². The zero-order valence-electron chi connectivity index (χ0n) is 18.5. The molecule has 0 aliphatic rings. The number of nitro benzene ring substituents is 1. The fourth-order valence-corrected chi connectivity index (χ4v) is 4.21. The van der Waals surface area contributed by atoms with Crippen molar-refractivity contribution in [3.63, 3.8) is 0 Å². The number of carbonyl (C=O) groups excluding carboxylic acids is 1. The smallest absolute Gasteiger partial charge is 0.295 e. The van der Waals surface area contributed by atoms with Gasteiger partial charge in [0.25, 0.3) is 25.9 Å². The minimum absolute atomic E-state index is 0. The molecule has 13 nitrogen and oxygen atoms in total. The molecule has 17 heteroatoms. The molecule has 3 rings (SSSR count). The minimum atomic E-state index is -4.94. The van der Waals surface area contributed by atoms with E-state index in [1.165, 1.54) is 43.3 Å². The number of nitro groups is 1. The molecule has 3 aromatic rings. The summed E-state index contributed by atoms with van der Waals surface area (Å²) in [5.41, 5.74) is -0.244. The normalized spacial score (nSPS) is 11.5. The van der Waals surface area contributed by atoms with Crippen molar-refractivity contribution in [1.82, 2.24) is 0 Å². The third-order valence-electron chi connectivity index (χ3n) is 4.25. The molecular weight excluding hydrogens is 526 g/mol. The largest absolute Gasteiger partial charge is 0.324 e. The average molecular weight is 540 g/mol. The van der Waals surface area contributed by atoms with Crippen LogP contribution in [0.1, 0.15) is 6.92 Å². The number of benzene rings is 3. The van der Waals surface area contributed by atoms with Crippen molar-refractivity contribution in [2.75, 3.05) is 5.32 Å². The molecule has 0 aromatic heterocycles. The van der Waals surface area contributed by atoms with Crippen molar-refractivity contribution in [2.24, 2.45) is 10.2 Å². The van der Waals surface area contributed by atoms with E-state index in [1.807, 2.05) is 0 Å². The summed E-state index contributed by atoms with van der Waals surface area (Å²) in [7, 11) is -9.85. The third-order valence-corrected chi connectivity index (χ3v) is 5.98. The van der Waals surface area contributed by atoms with Crippen molar-refractivity contribution >= 4 is 119 Å². The number of hydrogen-bond acceptors (Lipinski definition) is 9. The quantitative estimate of drug-likeness (QED) is 0.138. The Morgan fingerprint density at radius 3 is 2.00 bits per heavy atom. The van der Waals surface area contributed by atoms with Crippen molar-refractivity contribution in [3.05, 3.63) is 58.6 Å². The monoisotopic (exact) mass is 540 g/mol. The fraction of sp³-hybridized carbons (Fsp3) is 0.0556. The molecule has 0 fully saturated rings. The molecule has 2 radical (unpaired) electrons. The van der Waals surface area contributed by atoms with Gasteiger partial charge < -0.3 is 5.32 Å². The number of anilines is 1. The van der Waals surface area contributed by atoms with Gasteiger partial charge in [0.2, 0.25) is 5.91 Å². The van der Waals surface area contributed by atoms with Gasteiger partial charge in [-0.05, 0) is 30.3 Å². The number of nitrogens with zero attached hydrogens (tertiary/aromatic N) is 3. The molecule has 174 valence electrons. The molecule has 3 N–H and O–H groups in total. The Hall–Kier alpha value is -1.79. The van der Waals surface area contributed by atoms with Gasteiger partial charge >= 0.3 is 0 Å². The van der Waals surface area contributed by atoms with E-state index in [1.54, 1.807) is 0 Å². The van der Waals surface area contributed by atoms with E-state index < -0.39 is 40.9 Å². The first-order valence-electron chi connectivity index (χ1n) is 8.77. The standard InChI is InChI=1S/C18H14N4O9S2.2Na/c1-10(23)19-16-7-6-14-15(8-13(32(26,27)28)9-17(14)33(29,30)31)18(16)21-20-11-2-4-12(5-3-11)22(24)25;;/h2-9H,1H3,(H,19,23)(H,26,27,28)(H,29,30,31);;. The topological polar surface area (TPSA) is 206 Å². The van der Waals surface area contributed by atoms with Crippen LogP contribution >= 0.6 is 0 Å². The van der Waals surface area contributed by atoms with Crippen molar-refractivity contribution < 1.29 is 35.7 Å². The molecule has 0 aliphatic carbocycles. The minimum Gasteiger partial charge on any atom is -0.324 e. The first-order valence-corrected chi connectivity index (χ1v) is 11.6. The summed E-state index contributed by atoms with van der Waals surface area (Å²) < 4.78 is 66.1. The van der Waals surface area contributed by atoms with E-state index in [-0.39, 0.29) is 92.6 Å². The number of rotatable bonds is 6. The number of hydrogen-bond donors (Lipinski definition) is 3. The number of nitrogens with one attached hydrogen (secondary N) is 1. The van der Waals surface area contributed by atoms with E-state index in [4.69, 9.17) is 0 Å². The second-order valence-corrected chi connectivity index (χ2v) is 9.39. The first-order chi connectivity index (χ1) is 15.3. The van der Waals surface area contributed by atoms with Crippen LogP contribution in [0.3, 0.4) is 0 Å². The summed E-state index contributed by atoms with van der Waals surface area (Å²) in [5.74, 6) is -0.540. The van der Waals surface area contributed by atoms with Crippen LogP contribution < -0.4 is 5.32 Å². The Morgan fingerprint density at radius 1 is 0.914 bits per heavy atom. The maximum atomic E-state index is 11.9. The molecule has 0 saturated heterocycles. The predicted molar refractivity (Wildman–Crippen MR) is 127 cm³/mol. The van der Waals surface area contributed by atoms with Crippen LogP contribution in [0, 0.1) is 10.1 Å². The second-order valence-electron chi connectivity index (χ2n) is 6.58.